The number of rotatable bonds is 3. The largest absolute Gasteiger partial charge is 1.00 e. The van der Waals surface area contributed by atoms with Gasteiger partial charge in [0.15, 0.2) is 0 Å². The zero-order valence-corrected chi connectivity index (χ0v) is 8.70. The summed E-state index contributed by atoms with van der Waals surface area (Å²) >= 11 is 0. The molecule has 0 aliphatic rings. The number of pyridine rings is 1. The van der Waals surface area contributed by atoms with Gasteiger partial charge in [0, 0.05) is 18.0 Å². The second-order valence-corrected chi connectivity index (χ2v) is 2.91. The first-order chi connectivity index (χ1) is 7.25. The molecule has 0 amide bonds. The molecule has 6 nitrogen and oxygen atoms in total. The molecule has 16 heavy (non-hydrogen) atoms. The molecule has 0 saturated heterocycles. The van der Waals surface area contributed by atoms with Crippen molar-refractivity contribution < 1.29 is 28.8 Å². The summed E-state index contributed by atoms with van der Waals surface area (Å²) in [5.74, 6) is -1.19. The second kappa shape index (κ2) is 5.44. The summed E-state index contributed by atoms with van der Waals surface area (Å²) in [5.41, 5.74) is 1.45. The van der Waals surface area contributed by atoms with E-state index in [0.717, 1.165) is 5.56 Å². The van der Waals surface area contributed by atoms with Crippen LogP contribution in [-0.2, 0) is 11.3 Å². The van der Waals surface area contributed by atoms with E-state index >= 15 is 0 Å². The van der Waals surface area contributed by atoms with Crippen molar-refractivity contribution >= 4 is 5.97 Å². The first-order valence-electron chi connectivity index (χ1n) is 4.26. The van der Waals surface area contributed by atoms with Gasteiger partial charge >= 0.3 is 18.9 Å². The van der Waals surface area contributed by atoms with Crippen LogP contribution in [0, 0.1) is 0 Å². The van der Waals surface area contributed by atoms with Crippen molar-refractivity contribution in [3.05, 3.63) is 30.7 Å². The van der Waals surface area contributed by atoms with Crippen LogP contribution in [0.4, 0.5) is 0 Å². The quantitative estimate of drug-likeness (QED) is 0.483. The van der Waals surface area contributed by atoms with E-state index in [-0.39, 0.29) is 25.4 Å². The van der Waals surface area contributed by atoms with E-state index in [2.05, 4.69) is 15.3 Å². The Hall–Kier alpha value is -1.64. The number of aliphatic carboxylic acids is 1. The molecule has 2 heterocycles. The van der Waals surface area contributed by atoms with Gasteiger partial charge in [0.05, 0.1) is 18.7 Å². The minimum Gasteiger partial charge on any atom is -0.548 e. The van der Waals surface area contributed by atoms with Crippen LogP contribution in [0.25, 0.3) is 11.3 Å². The third kappa shape index (κ3) is 2.92. The van der Waals surface area contributed by atoms with Gasteiger partial charge in [-0.25, -0.2) is 4.68 Å². The molecule has 0 aliphatic carbocycles. The van der Waals surface area contributed by atoms with Crippen molar-refractivity contribution in [2.24, 2.45) is 0 Å². The van der Waals surface area contributed by atoms with E-state index < -0.39 is 5.97 Å². The number of nitrogens with zero attached hydrogens (tertiary/aromatic N) is 4. The average Bonchev–Trinajstić information content (AvgIpc) is 2.67. The van der Waals surface area contributed by atoms with Crippen molar-refractivity contribution in [2.75, 3.05) is 0 Å². The van der Waals surface area contributed by atoms with Gasteiger partial charge in [0.1, 0.15) is 5.69 Å². The zero-order valence-electron chi connectivity index (χ0n) is 8.70. The van der Waals surface area contributed by atoms with Crippen molar-refractivity contribution in [3.63, 3.8) is 0 Å². The van der Waals surface area contributed by atoms with Gasteiger partial charge in [-0.2, -0.15) is 0 Å². The zero-order chi connectivity index (χ0) is 10.7. The fourth-order valence-corrected chi connectivity index (χ4v) is 1.16. The molecule has 2 rings (SSSR count). The molecule has 2 aromatic heterocycles. The van der Waals surface area contributed by atoms with Crippen LogP contribution in [0.1, 0.15) is 0 Å². The Morgan fingerprint density at radius 3 is 2.69 bits per heavy atom. The molecule has 76 valence electrons. The SMILES string of the molecule is O=C([O-])Cn1cc(-c2ccncc2)nn1.[Li+]. The van der Waals surface area contributed by atoms with Gasteiger partial charge in [-0.3, -0.25) is 4.98 Å². The number of aromatic nitrogens is 4. The monoisotopic (exact) mass is 210 g/mol. The fourth-order valence-electron chi connectivity index (χ4n) is 1.16. The summed E-state index contributed by atoms with van der Waals surface area (Å²) in [7, 11) is 0. The maximum atomic E-state index is 10.3. The van der Waals surface area contributed by atoms with Crippen LogP contribution in [0.2, 0.25) is 0 Å². The van der Waals surface area contributed by atoms with Crippen LogP contribution in [0.15, 0.2) is 30.7 Å². The molecule has 7 heteroatoms. The van der Waals surface area contributed by atoms with E-state index in [4.69, 9.17) is 0 Å². The molecule has 0 saturated carbocycles. The smallest absolute Gasteiger partial charge is 0.548 e. The summed E-state index contributed by atoms with van der Waals surface area (Å²) in [5, 5.41) is 17.8. The van der Waals surface area contributed by atoms with Crippen LogP contribution in [-0.4, -0.2) is 25.9 Å². The first kappa shape index (κ1) is 12.4. The minimum atomic E-state index is -1.19. The maximum Gasteiger partial charge on any atom is 1.00 e. The topological polar surface area (TPSA) is 83.7 Å². The Morgan fingerprint density at radius 1 is 1.38 bits per heavy atom. The second-order valence-electron chi connectivity index (χ2n) is 2.91. The van der Waals surface area contributed by atoms with Crippen molar-refractivity contribution in [1.29, 1.82) is 0 Å². The fraction of sp³-hybridized carbons (Fsp3) is 0.111. The number of carboxylic acid groups (broad SMARTS) is 1. The molecule has 0 aliphatic heterocycles. The Labute approximate surface area is 103 Å². The van der Waals surface area contributed by atoms with E-state index in [1.807, 2.05) is 0 Å². The Kier molecular flexibility index (Phi) is 4.23. The van der Waals surface area contributed by atoms with E-state index in [1.165, 1.54) is 4.68 Å². The third-order valence-electron chi connectivity index (χ3n) is 1.81. The van der Waals surface area contributed by atoms with Crippen LogP contribution >= 0.6 is 0 Å². The van der Waals surface area contributed by atoms with Gasteiger partial charge in [-0.05, 0) is 12.1 Å². The van der Waals surface area contributed by atoms with Crippen LogP contribution < -0.4 is 24.0 Å². The maximum absolute atomic E-state index is 10.3. The number of carboxylic acids is 1. The molecule has 0 atom stereocenters. The van der Waals surface area contributed by atoms with Crippen LogP contribution in [0.5, 0.6) is 0 Å². The Balaban J connectivity index is 0.00000128. The molecule has 0 spiro atoms. The van der Waals surface area contributed by atoms with Gasteiger partial charge in [-0.15, -0.1) is 5.10 Å². The Morgan fingerprint density at radius 2 is 2.06 bits per heavy atom. The van der Waals surface area contributed by atoms with Crippen molar-refractivity contribution in [3.8, 4) is 11.3 Å². The normalized spacial score (nSPS) is 9.50. The van der Waals surface area contributed by atoms with E-state index in [1.54, 1.807) is 30.7 Å². The summed E-state index contributed by atoms with van der Waals surface area (Å²) < 4.78 is 1.21. The minimum absolute atomic E-state index is 0. The van der Waals surface area contributed by atoms with Gasteiger partial charge in [0.2, 0.25) is 0 Å². The van der Waals surface area contributed by atoms with Crippen molar-refractivity contribution in [2.45, 2.75) is 6.54 Å². The van der Waals surface area contributed by atoms with Crippen molar-refractivity contribution in [1.82, 2.24) is 20.0 Å². The number of carbonyl (C=O) groups excluding carboxylic acids is 1. The van der Waals surface area contributed by atoms with E-state index in [9.17, 15) is 9.90 Å². The predicted octanol–water partition coefficient (Wildman–Crippen LogP) is -3.91. The van der Waals surface area contributed by atoms with E-state index in [0.29, 0.717) is 5.69 Å². The molecule has 0 aromatic carbocycles. The first-order valence-corrected chi connectivity index (χ1v) is 4.26. The molecule has 0 bridgehead atoms. The molecule has 0 fully saturated rings. The molecule has 0 radical (unpaired) electrons. The molecule has 0 N–H and O–H groups in total. The molecule has 0 unspecified atom stereocenters. The number of hydrogen-bond donors (Lipinski definition) is 0. The average molecular weight is 210 g/mol. The molecular weight excluding hydrogens is 203 g/mol. The summed E-state index contributed by atoms with van der Waals surface area (Å²) in [6.07, 6.45) is 4.81. The third-order valence-corrected chi connectivity index (χ3v) is 1.81. The summed E-state index contributed by atoms with van der Waals surface area (Å²) in [6, 6.07) is 3.54. The number of hydrogen-bond acceptors (Lipinski definition) is 5. The summed E-state index contributed by atoms with van der Waals surface area (Å²) in [6.45, 7) is -0.294. The predicted molar refractivity (Wildman–Crippen MR) is 48.3 cm³/mol. The molecule has 2 aromatic rings. The standard InChI is InChI=1S/C9H8N4O2.Li/c14-9(15)6-13-5-8(11-12-13)7-1-3-10-4-2-7;/h1-5H,6H2,(H,14,15);/q;+1/p-1. The van der Waals surface area contributed by atoms with Gasteiger partial charge in [0.25, 0.3) is 0 Å². The number of carbonyl (C=O) groups is 1. The van der Waals surface area contributed by atoms with Gasteiger partial charge in [-0.1, -0.05) is 5.21 Å². The Bertz CT molecular complexity index is 471. The van der Waals surface area contributed by atoms with Gasteiger partial charge < -0.3 is 9.90 Å². The molecular formula is C9H7LiN4O2. The van der Waals surface area contributed by atoms with Crippen LogP contribution in [0.3, 0.4) is 0 Å². The summed E-state index contributed by atoms with van der Waals surface area (Å²) in [4.78, 5) is 14.2.